The summed E-state index contributed by atoms with van der Waals surface area (Å²) in [5.41, 5.74) is 6.38. The number of hydrogen-bond donors (Lipinski definition) is 4. The zero-order valence-electron chi connectivity index (χ0n) is 39.3. The van der Waals surface area contributed by atoms with E-state index in [9.17, 15) is 20.2 Å². The van der Waals surface area contributed by atoms with Crippen molar-refractivity contribution >= 4 is 46.3 Å². The molecule has 2 aromatic carbocycles. The van der Waals surface area contributed by atoms with Crippen molar-refractivity contribution in [2.45, 2.75) is 38.5 Å². The van der Waals surface area contributed by atoms with Crippen LogP contribution in [-0.4, -0.2) is 112 Å². The van der Waals surface area contributed by atoms with Crippen LogP contribution in [0.2, 0.25) is 0 Å². The van der Waals surface area contributed by atoms with E-state index in [4.69, 9.17) is 19.9 Å². The fourth-order valence-corrected chi connectivity index (χ4v) is 9.00. The Morgan fingerprint density at radius 2 is 0.931 bits per heavy atom. The van der Waals surface area contributed by atoms with E-state index < -0.39 is 9.85 Å². The minimum atomic E-state index is -0.492. The van der Waals surface area contributed by atoms with E-state index in [0.717, 1.165) is 74.4 Å². The van der Waals surface area contributed by atoms with Crippen LogP contribution in [0, 0.1) is 20.2 Å². The zero-order valence-corrected chi connectivity index (χ0v) is 39.3. The lowest BCUT2D eigenvalue weighted by Gasteiger charge is -2.35. The molecule has 72 heavy (non-hydrogen) atoms. The highest BCUT2D eigenvalue weighted by Gasteiger charge is 2.27. The number of nitro groups is 2. The van der Waals surface area contributed by atoms with Gasteiger partial charge in [0.15, 0.2) is 0 Å². The molecular formula is C50H52N18O4. The highest BCUT2D eigenvalue weighted by atomic mass is 16.6. The van der Waals surface area contributed by atoms with E-state index in [1.807, 2.05) is 10.0 Å². The van der Waals surface area contributed by atoms with Crippen LogP contribution in [0.4, 0.5) is 46.3 Å². The first-order valence-corrected chi connectivity index (χ1v) is 24.0. The van der Waals surface area contributed by atoms with Gasteiger partial charge in [-0.15, -0.1) is 0 Å². The monoisotopic (exact) mass is 968 g/mol. The predicted octanol–water partition coefficient (Wildman–Crippen LogP) is 8.42. The summed E-state index contributed by atoms with van der Waals surface area (Å²) in [4.78, 5) is 71.7. The maximum atomic E-state index is 11.5. The molecule has 6 aromatic heterocycles. The molecule has 0 atom stereocenters. The second kappa shape index (κ2) is 21.7. The maximum Gasteiger partial charge on any atom is 0.287 e. The lowest BCUT2D eigenvalue weighted by Crippen LogP contribution is -2.49. The number of nitrogens with one attached hydrogen (secondary N) is 4. The maximum absolute atomic E-state index is 11.5. The van der Waals surface area contributed by atoms with Crippen LogP contribution in [0.5, 0.6) is 0 Å². The highest BCUT2D eigenvalue weighted by Crippen LogP contribution is 2.35. The third kappa shape index (κ3) is 10.7. The van der Waals surface area contributed by atoms with Gasteiger partial charge >= 0.3 is 0 Å². The fraction of sp³-hybridized carbons (Fsp3) is 0.280. The van der Waals surface area contributed by atoms with E-state index in [2.05, 4.69) is 98.9 Å². The summed E-state index contributed by atoms with van der Waals surface area (Å²) in [5, 5.41) is 33.3. The number of piperidine rings is 2. The summed E-state index contributed by atoms with van der Waals surface area (Å²) in [7, 11) is 0. The summed E-state index contributed by atoms with van der Waals surface area (Å²) >= 11 is 0. The smallest absolute Gasteiger partial charge is 0.287 e. The molecule has 0 radical (unpaired) electrons. The molecular weight excluding hydrogens is 917 g/mol. The molecule has 366 valence electrons. The van der Waals surface area contributed by atoms with Crippen LogP contribution in [0.3, 0.4) is 0 Å². The molecule has 8 heterocycles. The van der Waals surface area contributed by atoms with Gasteiger partial charge in [0.05, 0.1) is 45.5 Å². The first kappa shape index (κ1) is 46.6. The first-order chi connectivity index (χ1) is 35.3. The second-order valence-electron chi connectivity index (χ2n) is 17.3. The molecule has 2 saturated heterocycles. The lowest BCUT2D eigenvalue weighted by atomic mass is 10.0. The topological polar surface area (TPSA) is 258 Å². The van der Waals surface area contributed by atoms with Gasteiger partial charge < -0.3 is 30.4 Å². The number of H-pyrrole nitrogens is 2. The molecule has 8 aromatic rings. The Labute approximate surface area is 414 Å². The predicted molar refractivity (Wildman–Crippen MR) is 276 cm³/mol. The van der Waals surface area contributed by atoms with Crippen molar-refractivity contribution in [3.8, 4) is 45.3 Å². The number of benzene rings is 2. The summed E-state index contributed by atoms with van der Waals surface area (Å²) in [5.74, 6) is 2.65. The van der Waals surface area contributed by atoms with Crippen molar-refractivity contribution in [1.29, 1.82) is 0 Å². The van der Waals surface area contributed by atoms with E-state index >= 15 is 0 Å². The van der Waals surface area contributed by atoms with Gasteiger partial charge in [-0.05, 0) is 74.9 Å². The van der Waals surface area contributed by atoms with Gasteiger partial charge in [0, 0.05) is 111 Å². The minimum Gasteiger partial charge on any atom is -0.372 e. The number of rotatable bonds is 19. The van der Waals surface area contributed by atoms with Gasteiger partial charge in [-0.3, -0.25) is 20.2 Å². The van der Waals surface area contributed by atoms with Crippen LogP contribution in [0.1, 0.15) is 38.5 Å². The number of nitrogens with zero attached hydrogens (tertiary/aromatic N) is 14. The summed E-state index contributed by atoms with van der Waals surface area (Å²) in [6.07, 6.45) is 19.9. The van der Waals surface area contributed by atoms with Crippen molar-refractivity contribution < 1.29 is 9.85 Å². The van der Waals surface area contributed by atoms with Gasteiger partial charge in [-0.1, -0.05) is 24.3 Å². The minimum absolute atomic E-state index is 0.128. The van der Waals surface area contributed by atoms with Crippen LogP contribution in [-0.2, 0) is 0 Å². The molecule has 2 fully saturated rings. The molecule has 2 aliphatic heterocycles. The number of anilines is 6. The number of aromatic nitrogens is 10. The average Bonchev–Trinajstić information content (AvgIpc) is 4.19. The standard InChI is InChI=1S/C50H52N18O4/c69-67(70)39-15-17-43(57-31-39)51-23-29-65(49-59-33-41(47-53-19-20-54-47)45(61-49)35-7-11-37(12-8-35)63-25-3-1-4-26-63)66(30-24-52-44-18-16-40(32-58-44)68(71)72)50-60-34-42(48-55-21-22-56-48)46(62-50)36-9-13-38(14-10-36)64-27-5-2-6-28-64/h7-22,31-34H,1-6,23-30H2,(H,51,57)(H,52,58)(H,53,54)(H,55,56). The largest absolute Gasteiger partial charge is 0.372 e. The third-order valence-corrected chi connectivity index (χ3v) is 12.7. The summed E-state index contributed by atoms with van der Waals surface area (Å²) in [6.45, 7) is 4.98. The lowest BCUT2D eigenvalue weighted by molar-refractivity contribution is -0.385. The van der Waals surface area contributed by atoms with Gasteiger partial charge in [0.25, 0.3) is 11.4 Å². The number of hydrazine groups is 1. The fourth-order valence-electron chi connectivity index (χ4n) is 9.00. The Morgan fingerprint density at radius 3 is 1.28 bits per heavy atom. The van der Waals surface area contributed by atoms with Crippen molar-refractivity contribution in [3.63, 3.8) is 0 Å². The van der Waals surface area contributed by atoms with E-state index in [0.29, 0.717) is 57.7 Å². The Kier molecular flexibility index (Phi) is 14.1. The molecule has 0 bridgehead atoms. The van der Waals surface area contributed by atoms with Crippen molar-refractivity contribution in [2.75, 3.05) is 82.8 Å². The molecule has 2 aliphatic rings. The van der Waals surface area contributed by atoms with Gasteiger partial charge in [-0.2, -0.15) is 0 Å². The molecule has 10 rings (SSSR count). The summed E-state index contributed by atoms with van der Waals surface area (Å²) in [6, 6.07) is 22.7. The number of pyridine rings is 2. The van der Waals surface area contributed by atoms with Crippen LogP contribution < -0.4 is 30.5 Å². The van der Waals surface area contributed by atoms with Crippen LogP contribution >= 0.6 is 0 Å². The Balaban J connectivity index is 1.08. The zero-order chi connectivity index (χ0) is 49.2. The number of aromatic amines is 2. The van der Waals surface area contributed by atoms with Crippen molar-refractivity contribution in [3.05, 3.63) is 143 Å². The van der Waals surface area contributed by atoms with E-state index in [-0.39, 0.29) is 37.6 Å². The molecule has 4 N–H and O–H groups in total. The Hall–Kier alpha value is -9.08. The normalized spacial score (nSPS) is 13.7. The van der Waals surface area contributed by atoms with Gasteiger partial charge in [-0.25, -0.2) is 49.9 Å². The van der Waals surface area contributed by atoms with Crippen LogP contribution in [0.25, 0.3) is 45.3 Å². The van der Waals surface area contributed by atoms with Crippen molar-refractivity contribution in [2.24, 2.45) is 0 Å². The molecule has 0 aliphatic carbocycles. The van der Waals surface area contributed by atoms with Crippen molar-refractivity contribution in [1.82, 2.24) is 49.8 Å². The molecule has 22 heteroatoms. The van der Waals surface area contributed by atoms with Crippen LogP contribution in [0.15, 0.2) is 122 Å². The second-order valence-corrected chi connectivity index (χ2v) is 17.3. The van der Waals surface area contributed by atoms with Gasteiger partial charge in [0.2, 0.25) is 11.9 Å². The molecule has 0 spiro atoms. The molecule has 22 nitrogen and oxygen atoms in total. The molecule has 0 amide bonds. The summed E-state index contributed by atoms with van der Waals surface area (Å²) < 4.78 is 0. The van der Waals surface area contributed by atoms with E-state index in [1.54, 1.807) is 49.3 Å². The number of hydrogen-bond acceptors (Lipinski definition) is 18. The molecule has 0 unspecified atom stereocenters. The quantitative estimate of drug-likeness (QED) is 0.0438. The highest BCUT2D eigenvalue weighted by molar-refractivity contribution is 5.80. The SMILES string of the molecule is O=[N+]([O-])c1ccc(NCCN(c2ncc(-c3ncc[nH]3)c(-c3ccc(N4CCCCC4)cc3)n2)N(CCNc2ccc([N+](=O)[O-])cn2)c2ncc(-c3ncc[nH]3)c(-c3ccc(N4CCCCC4)cc3)n2)nc1. The Morgan fingerprint density at radius 1 is 0.514 bits per heavy atom. The average molecular weight is 969 g/mol. The number of imidazole rings is 2. The first-order valence-electron chi connectivity index (χ1n) is 24.0. The van der Waals surface area contributed by atoms with Gasteiger partial charge in [0.1, 0.15) is 35.7 Å². The third-order valence-electron chi connectivity index (χ3n) is 12.7. The molecule has 0 saturated carbocycles. The van der Waals surface area contributed by atoms with E-state index in [1.165, 1.54) is 37.4 Å². The Bertz CT molecular complexity index is 2850.